The van der Waals surface area contributed by atoms with Gasteiger partial charge in [-0.05, 0) is 42.2 Å². The van der Waals surface area contributed by atoms with Gasteiger partial charge < -0.3 is 14.7 Å². The fourth-order valence-corrected chi connectivity index (χ4v) is 3.73. The summed E-state index contributed by atoms with van der Waals surface area (Å²) in [6.45, 7) is 0. The summed E-state index contributed by atoms with van der Waals surface area (Å²) in [6.07, 6.45) is 1.85. The highest BCUT2D eigenvalue weighted by atomic mass is 16.5. The molecule has 1 aliphatic heterocycles. The summed E-state index contributed by atoms with van der Waals surface area (Å²) in [5.41, 5.74) is 1.92. The van der Waals surface area contributed by atoms with Crippen molar-refractivity contribution in [2.24, 2.45) is 0 Å². The van der Waals surface area contributed by atoms with Crippen molar-refractivity contribution in [1.29, 1.82) is 0 Å². The number of benzene rings is 2. The topological polar surface area (TPSA) is 66.8 Å². The first-order chi connectivity index (χ1) is 12.1. The molecule has 1 heterocycles. The number of ether oxygens (including phenoxy) is 1. The average molecular weight is 337 g/mol. The maximum Gasteiger partial charge on any atom is 0.313 e. The van der Waals surface area contributed by atoms with E-state index in [0.29, 0.717) is 16.9 Å². The Labute approximate surface area is 145 Å². The molecule has 1 amide bonds. The Morgan fingerprint density at radius 2 is 1.80 bits per heavy atom. The van der Waals surface area contributed by atoms with Crippen LogP contribution in [0.3, 0.4) is 0 Å². The molecule has 0 saturated heterocycles. The lowest BCUT2D eigenvalue weighted by Gasteiger charge is -2.41. The van der Waals surface area contributed by atoms with E-state index in [1.165, 1.54) is 0 Å². The van der Waals surface area contributed by atoms with Crippen LogP contribution in [0.15, 0.2) is 48.5 Å². The van der Waals surface area contributed by atoms with Crippen LogP contribution in [-0.2, 0) is 4.79 Å². The van der Waals surface area contributed by atoms with Crippen molar-refractivity contribution in [1.82, 2.24) is 4.90 Å². The van der Waals surface area contributed by atoms with Crippen molar-refractivity contribution in [3.05, 3.63) is 65.2 Å². The first-order valence-electron chi connectivity index (χ1n) is 8.40. The Hall–Kier alpha value is -2.82. The Morgan fingerprint density at radius 3 is 2.40 bits per heavy atom. The average Bonchev–Trinajstić information content (AvgIpc) is 3.46. The zero-order valence-corrected chi connectivity index (χ0v) is 13.9. The first-order valence-corrected chi connectivity index (χ1v) is 8.40. The van der Waals surface area contributed by atoms with Crippen LogP contribution in [0.1, 0.15) is 46.3 Å². The van der Waals surface area contributed by atoms with Gasteiger partial charge in [-0.25, -0.2) is 0 Å². The predicted octanol–water partition coefficient (Wildman–Crippen LogP) is 3.22. The number of carboxylic acid groups (broad SMARTS) is 1. The summed E-state index contributed by atoms with van der Waals surface area (Å²) >= 11 is 0. The van der Waals surface area contributed by atoms with E-state index < -0.39 is 17.9 Å². The summed E-state index contributed by atoms with van der Waals surface area (Å²) in [4.78, 5) is 27.0. The molecular weight excluding hydrogens is 318 g/mol. The third kappa shape index (κ3) is 2.56. The van der Waals surface area contributed by atoms with Gasteiger partial charge in [0, 0.05) is 11.6 Å². The molecular formula is C20H19NO4. The molecule has 128 valence electrons. The molecule has 2 aromatic rings. The number of carbonyl (C=O) groups excluding carboxylic acids is 1. The molecule has 5 nitrogen and oxygen atoms in total. The third-order valence-corrected chi connectivity index (χ3v) is 5.04. The second-order valence-electron chi connectivity index (χ2n) is 6.56. The van der Waals surface area contributed by atoms with Crippen molar-refractivity contribution >= 4 is 11.9 Å². The van der Waals surface area contributed by atoms with Crippen molar-refractivity contribution < 1.29 is 19.4 Å². The lowest BCUT2D eigenvalue weighted by Crippen LogP contribution is -2.46. The van der Waals surface area contributed by atoms with Gasteiger partial charge in [-0.2, -0.15) is 0 Å². The van der Waals surface area contributed by atoms with Gasteiger partial charge in [0.15, 0.2) is 0 Å². The Morgan fingerprint density at radius 1 is 1.12 bits per heavy atom. The van der Waals surface area contributed by atoms with E-state index in [2.05, 4.69) is 0 Å². The SMILES string of the molecule is COc1ccc([C@@H]2[C@H](C(=O)O)c3ccccc3C(=O)N2C2CC2)cc1. The van der Waals surface area contributed by atoms with Crippen LogP contribution in [0.5, 0.6) is 5.75 Å². The second-order valence-corrected chi connectivity index (χ2v) is 6.56. The minimum absolute atomic E-state index is 0.0728. The molecule has 0 radical (unpaired) electrons. The van der Waals surface area contributed by atoms with Crippen LogP contribution < -0.4 is 4.74 Å². The van der Waals surface area contributed by atoms with Crippen LogP contribution in [0.25, 0.3) is 0 Å². The highest BCUT2D eigenvalue weighted by Crippen LogP contribution is 2.47. The van der Waals surface area contributed by atoms with Gasteiger partial charge in [0.1, 0.15) is 11.7 Å². The van der Waals surface area contributed by atoms with E-state index in [1.807, 2.05) is 24.3 Å². The zero-order chi connectivity index (χ0) is 17.6. The van der Waals surface area contributed by atoms with Gasteiger partial charge in [-0.15, -0.1) is 0 Å². The molecule has 0 unspecified atom stereocenters. The number of nitrogens with zero attached hydrogens (tertiary/aromatic N) is 1. The van der Waals surface area contributed by atoms with Crippen molar-refractivity contribution in [2.45, 2.75) is 30.8 Å². The minimum atomic E-state index is -0.911. The van der Waals surface area contributed by atoms with Crippen molar-refractivity contribution in [3.63, 3.8) is 0 Å². The van der Waals surface area contributed by atoms with E-state index >= 15 is 0 Å². The van der Waals surface area contributed by atoms with Gasteiger partial charge in [-0.1, -0.05) is 30.3 Å². The van der Waals surface area contributed by atoms with Crippen LogP contribution in [0, 0.1) is 0 Å². The molecule has 5 heteroatoms. The largest absolute Gasteiger partial charge is 0.497 e. The van der Waals surface area contributed by atoms with Gasteiger partial charge >= 0.3 is 5.97 Å². The van der Waals surface area contributed by atoms with Crippen LogP contribution in [0.2, 0.25) is 0 Å². The fraction of sp³-hybridized carbons (Fsp3) is 0.300. The van der Waals surface area contributed by atoms with Gasteiger partial charge in [0.05, 0.1) is 13.2 Å². The molecule has 1 aliphatic carbocycles. The number of hydrogen-bond donors (Lipinski definition) is 1. The molecule has 1 saturated carbocycles. The molecule has 4 rings (SSSR count). The molecule has 0 aromatic heterocycles. The number of rotatable bonds is 4. The summed E-state index contributed by atoms with van der Waals surface area (Å²) < 4.78 is 5.20. The Bertz CT molecular complexity index is 826. The molecule has 1 N–H and O–H groups in total. The van der Waals surface area contributed by atoms with E-state index in [9.17, 15) is 14.7 Å². The standard InChI is InChI=1S/C20H19NO4/c1-25-14-10-6-12(7-11-14)18-17(20(23)24)15-4-2-3-5-16(15)19(22)21(18)13-8-9-13/h2-7,10-11,13,17-18H,8-9H2,1H3,(H,23,24)/t17-,18-/m1/s1. The number of aliphatic carboxylic acids is 1. The number of hydrogen-bond acceptors (Lipinski definition) is 3. The van der Waals surface area contributed by atoms with Gasteiger partial charge in [-0.3, -0.25) is 9.59 Å². The molecule has 0 bridgehead atoms. The highest BCUT2D eigenvalue weighted by Gasteiger charge is 2.49. The predicted molar refractivity (Wildman–Crippen MR) is 91.7 cm³/mol. The fourth-order valence-electron chi connectivity index (χ4n) is 3.73. The summed E-state index contributed by atoms with van der Waals surface area (Å²) in [5, 5.41) is 9.96. The zero-order valence-electron chi connectivity index (χ0n) is 13.9. The molecule has 25 heavy (non-hydrogen) atoms. The smallest absolute Gasteiger partial charge is 0.313 e. The molecule has 0 spiro atoms. The highest BCUT2D eigenvalue weighted by molar-refractivity contribution is 6.00. The van der Waals surface area contributed by atoms with Gasteiger partial charge in [0.25, 0.3) is 5.91 Å². The number of amides is 1. The van der Waals surface area contributed by atoms with Crippen LogP contribution in [-0.4, -0.2) is 35.0 Å². The summed E-state index contributed by atoms with van der Waals surface area (Å²) in [6, 6.07) is 14.0. The second kappa shape index (κ2) is 5.92. The van der Waals surface area contributed by atoms with E-state index in [0.717, 1.165) is 18.4 Å². The minimum Gasteiger partial charge on any atom is -0.497 e. The van der Waals surface area contributed by atoms with E-state index in [1.54, 1.807) is 36.3 Å². The van der Waals surface area contributed by atoms with Gasteiger partial charge in [0.2, 0.25) is 0 Å². The molecule has 2 aromatic carbocycles. The summed E-state index contributed by atoms with van der Waals surface area (Å²) in [5.74, 6) is -1.05. The quantitative estimate of drug-likeness (QED) is 0.930. The number of methoxy groups -OCH3 is 1. The van der Waals surface area contributed by atoms with Crippen molar-refractivity contribution in [3.8, 4) is 5.75 Å². The third-order valence-electron chi connectivity index (χ3n) is 5.04. The lowest BCUT2D eigenvalue weighted by atomic mass is 9.79. The Balaban J connectivity index is 1.88. The molecule has 2 aliphatic rings. The Kier molecular flexibility index (Phi) is 3.71. The van der Waals surface area contributed by atoms with E-state index in [-0.39, 0.29) is 11.9 Å². The first kappa shape index (κ1) is 15.7. The normalized spacial score (nSPS) is 22.4. The molecule has 1 fully saturated rings. The number of carbonyl (C=O) groups is 2. The van der Waals surface area contributed by atoms with Crippen LogP contribution >= 0.6 is 0 Å². The van der Waals surface area contributed by atoms with E-state index in [4.69, 9.17) is 4.74 Å². The maximum absolute atomic E-state index is 13.1. The number of carboxylic acids is 1. The lowest BCUT2D eigenvalue weighted by molar-refractivity contribution is -0.140. The van der Waals surface area contributed by atoms with Crippen LogP contribution in [0.4, 0.5) is 0 Å². The van der Waals surface area contributed by atoms with Crippen molar-refractivity contribution in [2.75, 3.05) is 7.11 Å². The summed E-state index contributed by atoms with van der Waals surface area (Å²) in [7, 11) is 1.59. The number of fused-ring (bicyclic) bond motifs is 1. The maximum atomic E-state index is 13.1. The molecule has 2 atom stereocenters. The monoisotopic (exact) mass is 337 g/mol.